The van der Waals surface area contributed by atoms with Gasteiger partial charge in [0.05, 0.1) is 0 Å². The normalized spacial score (nSPS) is 17.3. The molecule has 0 saturated carbocycles. The Labute approximate surface area is 119 Å². The highest BCUT2D eigenvalue weighted by molar-refractivity contribution is 8.00. The van der Waals surface area contributed by atoms with Gasteiger partial charge >= 0.3 is 0 Å². The summed E-state index contributed by atoms with van der Waals surface area (Å²) >= 11 is 1.94. The van der Waals surface area contributed by atoms with Crippen molar-refractivity contribution in [2.24, 2.45) is 0 Å². The fraction of sp³-hybridized carbons (Fsp3) is 0.294. The van der Waals surface area contributed by atoms with Crippen LogP contribution < -0.4 is 4.74 Å². The summed E-state index contributed by atoms with van der Waals surface area (Å²) in [5.41, 5.74) is 3.98. The van der Waals surface area contributed by atoms with Crippen LogP contribution in [0, 0.1) is 13.8 Å². The van der Waals surface area contributed by atoms with Gasteiger partial charge < -0.3 is 4.74 Å². The van der Waals surface area contributed by atoms with E-state index in [4.69, 9.17) is 4.74 Å². The summed E-state index contributed by atoms with van der Waals surface area (Å²) in [5.74, 6) is 0.994. The molecule has 0 fully saturated rings. The van der Waals surface area contributed by atoms with Gasteiger partial charge in [-0.3, -0.25) is 0 Å². The predicted octanol–water partition coefficient (Wildman–Crippen LogP) is 4.40. The first-order valence-electron chi connectivity index (χ1n) is 6.66. The van der Waals surface area contributed by atoms with Crippen LogP contribution in [0.25, 0.3) is 0 Å². The number of rotatable bonds is 3. The summed E-state index contributed by atoms with van der Waals surface area (Å²) in [6, 6.07) is 15.0. The average molecular weight is 270 g/mol. The molecule has 2 heteroatoms. The molecular formula is C17H18OS. The van der Waals surface area contributed by atoms with Crippen molar-refractivity contribution < 1.29 is 4.74 Å². The molecule has 2 aromatic rings. The van der Waals surface area contributed by atoms with Crippen LogP contribution in [0.1, 0.15) is 16.7 Å². The third-order valence-electron chi connectivity index (χ3n) is 3.34. The molecule has 0 radical (unpaired) electrons. The van der Waals surface area contributed by atoms with E-state index in [-0.39, 0.29) is 0 Å². The predicted molar refractivity (Wildman–Crippen MR) is 81.2 cm³/mol. The lowest BCUT2D eigenvalue weighted by Crippen LogP contribution is -2.13. The van der Waals surface area contributed by atoms with Crippen molar-refractivity contribution in [1.29, 1.82) is 0 Å². The molecule has 19 heavy (non-hydrogen) atoms. The van der Waals surface area contributed by atoms with Crippen LogP contribution in [-0.4, -0.2) is 11.9 Å². The molecule has 0 aliphatic carbocycles. The van der Waals surface area contributed by atoms with E-state index in [0.29, 0.717) is 5.25 Å². The van der Waals surface area contributed by atoms with Gasteiger partial charge in [-0.15, -0.1) is 11.8 Å². The van der Waals surface area contributed by atoms with Crippen molar-refractivity contribution >= 4 is 11.8 Å². The second-order valence-corrected chi connectivity index (χ2v) is 6.53. The highest BCUT2D eigenvalue weighted by Gasteiger charge is 2.22. The molecular weight excluding hydrogens is 252 g/mol. The molecule has 0 saturated heterocycles. The molecule has 1 nitrogen and oxygen atoms in total. The lowest BCUT2D eigenvalue weighted by atomic mass is 10.1. The second-order valence-electron chi connectivity index (χ2n) is 5.19. The van der Waals surface area contributed by atoms with E-state index in [1.807, 2.05) is 11.8 Å². The molecule has 1 aliphatic rings. The van der Waals surface area contributed by atoms with E-state index in [9.17, 15) is 0 Å². The lowest BCUT2D eigenvalue weighted by molar-refractivity contribution is 0.317. The van der Waals surface area contributed by atoms with E-state index >= 15 is 0 Å². The first kappa shape index (κ1) is 12.6. The largest absolute Gasteiger partial charge is 0.492 e. The van der Waals surface area contributed by atoms with Gasteiger partial charge in [0, 0.05) is 10.1 Å². The van der Waals surface area contributed by atoms with E-state index < -0.39 is 0 Å². The van der Waals surface area contributed by atoms with Crippen LogP contribution in [0.3, 0.4) is 0 Å². The molecule has 0 spiro atoms. The van der Waals surface area contributed by atoms with Crippen molar-refractivity contribution in [3.8, 4) is 5.75 Å². The van der Waals surface area contributed by atoms with Crippen molar-refractivity contribution in [2.45, 2.75) is 30.4 Å². The maximum Gasteiger partial charge on any atom is 0.119 e. The van der Waals surface area contributed by atoms with Gasteiger partial charge in [-0.2, -0.15) is 0 Å². The number of thioether (sulfide) groups is 1. The minimum absolute atomic E-state index is 0.540. The van der Waals surface area contributed by atoms with E-state index in [1.54, 1.807) is 0 Å². The molecule has 0 N–H and O–H groups in total. The molecule has 0 amide bonds. The maximum atomic E-state index is 5.96. The molecule has 1 atom stereocenters. The van der Waals surface area contributed by atoms with Gasteiger partial charge in [0.1, 0.15) is 12.4 Å². The zero-order valence-corrected chi connectivity index (χ0v) is 12.2. The van der Waals surface area contributed by atoms with Gasteiger partial charge in [0.2, 0.25) is 0 Å². The van der Waals surface area contributed by atoms with Crippen molar-refractivity contribution in [1.82, 2.24) is 0 Å². The summed E-state index contributed by atoms with van der Waals surface area (Å²) in [5, 5.41) is 0.540. The molecule has 1 unspecified atom stereocenters. The Bertz CT molecular complexity index is 546. The quantitative estimate of drug-likeness (QED) is 0.817. The summed E-state index contributed by atoms with van der Waals surface area (Å²) in [4.78, 5) is 1.41. The van der Waals surface area contributed by atoms with Crippen molar-refractivity contribution in [2.75, 3.05) is 6.61 Å². The Kier molecular flexibility index (Phi) is 3.52. The third kappa shape index (κ3) is 2.95. The average Bonchev–Trinajstić information content (AvgIpc) is 2.78. The number of ether oxygens (including phenoxy) is 1. The van der Waals surface area contributed by atoms with Gasteiger partial charge in [0.25, 0.3) is 0 Å². The summed E-state index contributed by atoms with van der Waals surface area (Å²) in [6.07, 6.45) is 1.12. The van der Waals surface area contributed by atoms with Crippen LogP contribution in [0.15, 0.2) is 47.4 Å². The highest BCUT2D eigenvalue weighted by Crippen LogP contribution is 2.36. The monoisotopic (exact) mass is 270 g/mol. The summed E-state index contributed by atoms with van der Waals surface area (Å²) in [6.45, 7) is 5.00. The Hall–Kier alpha value is -1.41. The van der Waals surface area contributed by atoms with E-state index in [1.165, 1.54) is 21.6 Å². The number of hydrogen-bond donors (Lipinski definition) is 0. The first-order valence-corrected chi connectivity index (χ1v) is 7.54. The van der Waals surface area contributed by atoms with Crippen LogP contribution in [0.2, 0.25) is 0 Å². The van der Waals surface area contributed by atoms with Crippen LogP contribution in [0.4, 0.5) is 0 Å². The number of fused-ring (bicyclic) bond motifs is 1. The second kappa shape index (κ2) is 5.30. The zero-order chi connectivity index (χ0) is 13.2. The fourth-order valence-electron chi connectivity index (χ4n) is 2.55. The van der Waals surface area contributed by atoms with Crippen LogP contribution in [0.5, 0.6) is 5.75 Å². The van der Waals surface area contributed by atoms with Gasteiger partial charge in [0.15, 0.2) is 0 Å². The van der Waals surface area contributed by atoms with Gasteiger partial charge in [-0.25, -0.2) is 0 Å². The Morgan fingerprint density at radius 1 is 1.11 bits per heavy atom. The standard InChI is InChI=1S/C17H18OS/c1-12-7-13(2)9-15(8-12)18-11-16-10-14-5-3-4-6-17(14)19-16/h3-9,16H,10-11H2,1-2H3. The lowest BCUT2D eigenvalue weighted by Gasteiger charge is -2.12. The van der Waals surface area contributed by atoms with Crippen LogP contribution in [-0.2, 0) is 6.42 Å². The van der Waals surface area contributed by atoms with Gasteiger partial charge in [-0.1, -0.05) is 24.3 Å². The summed E-state index contributed by atoms with van der Waals surface area (Å²) < 4.78 is 5.96. The van der Waals surface area contributed by atoms with Gasteiger partial charge in [-0.05, 0) is 55.2 Å². The third-order valence-corrected chi connectivity index (χ3v) is 4.63. The Balaban J connectivity index is 1.62. The number of hydrogen-bond acceptors (Lipinski definition) is 2. The minimum atomic E-state index is 0.540. The molecule has 3 rings (SSSR count). The van der Waals surface area contributed by atoms with Crippen molar-refractivity contribution in [3.63, 3.8) is 0 Å². The first-order chi connectivity index (χ1) is 9.20. The zero-order valence-electron chi connectivity index (χ0n) is 11.3. The van der Waals surface area contributed by atoms with Crippen molar-refractivity contribution in [3.05, 3.63) is 59.2 Å². The molecule has 2 aromatic carbocycles. The fourth-order valence-corrected chi connectivity index (χ4v) is 3.77. The Morgan fingerprint density at radius 3 is 2.58 bits per heavy atom. The molecule has 1 heterocycles. The SMILES string of the molecule is Cc1cc(C)cc(OCC2Cc3ccccc3S2)c1. The number of aryl methyl sites for hydroxylation is 2. The van der Waals surface area contributed by atoms with E-state index in [0.717, 1.165) is 18.8 Å². The smallest absolute Gasteiger partial charge is 0.119 e. The number of benzene rings is 2. The Morgan fingerprint density at radius 2 is 1.84 bits per heavy atom. The highest BCUT2D eigenvalue weighted by atomic mass is 32.2. The topological polar surface area (TPSA) is 9.23 Å². The molecule has 0 bridgehead atoms. The van der Waals surface area contributed by atoms with Crippen LogP contribution >= 0.6 is 11.8 Å². The maximum absolute atomic E-state index is 5.96. The molecule has 1 aliphatic heterocycles. The minimum Gasteiger partial charge on any atom is -0.492 e. The summed E-state index contributed by atoms with van der Waals surface area (Å²) in [7, 11) is 0. The van der Waals surface area contributed by atoms with E-state index in [2.05, 4.69) is 56.3 Å². The molecule has 98 valence electrons. The molecule has 0 aromatic heterocycles.